The number of hydrogen-bond donors (Lipinski definition) is 0. The first-order valence-corrected chi connectivity index (χ1v) is 9.44. The summed E-state index contributed by atoms with van der Waals surface area (Å²) in [6, 6.07) is 3.11. The molecule has 0 atom stereocenters. The van der Waals surface area contributed by atoms with E-state index in [4.69, 9.17) is 0 Å². The Labute approximate surface area is 90.8 Å². The highest BCUT2D eigenvalue weighted by atomic mass is 28.3. The molecule has 0 nitrogen and oxygen atoms in total. The fraction of sp³-hybridized carbons (Fsp3) is 0.846. The van der Waals surface area contributed by atoms with Crippen LogP contribution in [0.15, 0.2) is 11.8 Å². The van der Waals surface area contributed by atoms with E-state index in [9.17, 15) is 0 Å². The Bertz CT molecular complexity index is 166. The molecule has 0 aliphatic carbocycles. The predicted octanol–water partition coefficient (Wildman–Crippen LogP) is 4.92. The Kier molecular flexibility index (Phi) is 5.54. The summed E-state index contributed by atoms with van der Waals surface area (Å²) >= 11 is 0. The molecular formula is C13H26Si. The Morgan fingerprint density at radius 2 is 1.79 bits per heavy atom. The van der Waals surface area contributed by atoms with Crippen LogP contribution in [0, 0.1) is 0 Å². The minimum absolute atomic E-state index is 0.877. The molecular weight excluding hydrogens is 184 g/mol. The molecule has 0 aromatic heterocycles. The van der Waals surface area contributed by atoms with E-state index in [-0.39, 0.29) is 0 Å². The summed E-state index contributed by atoms with van der Waals surface area (Å²) in [4.78, 5) is 0. The third-order valence-electron chi connectivity index (χ3n) is 3.49. The maximum Gasteiger partial charge on any atom is 0.0743 e. The molecule has 0 unspecified atom stereocenters. The first-order valence-electron chi connectivity index (χ1n) is 6.44. The molecule has 0 aromatic rings. The Balaban J connectivity index is 2.19. The molecule has 1 aliphatic rings. The van der Waals surface area contributed by atoms with Gasteiger partial charge in [-0.25, -0.2) is 0 Å². The molecule has 1 fully saturated rings. The molecule has 1 aliphatic heterocycles. The van der Waals surface area contributed by atoms with Gasteiger partial charge in [-0.05, 0) is 12.8 Å². The lowest BCUT2D eigenvalue weighted by Crippen LogP contribution is -2.29. The number of hydrogen-bond acceptors (Lipinski definition) is 0. The second-order valence-electron chi connectivity index (χ2n) is 5.11. The van der Waals surface area contributed by atoms with Crippen LogP contribution in [0.3, 0.4) is 0 Å². The van der Waals surface area contributed by atoms with Crippen LogP contribution in [0.4, 0.5) is 0 Å². The predicted molar refractivity (Wildman–Crippen MR) is 68.4 cm³/mol. The van der Waals surface area contributed by atoms with Crippen LogP contribution in [0.25, 0.3) is 0 Å². The van der Waals surface area contributed by atoms with Crippen molar-refractivity contribution in [1.82, 2.24) is 0 Å². The molecule has 1 rings (SSSR count). The normalized spacial score (nSPS) is 21.6. The van der Waals surface area contributed by atoms with Crippen LogP contribution in [0.1, 0.15) is 51.9 Å². The third kappa shape index (κ3) is 4.45. The minimum Gasteiger partial charge on any atom is -0.0984 e. The van der Waals surface area contributed by atoms with Crippen molar-refractivity contribution in [3.8, 4) is 0 Å². The summed E-state index contributed by atoms with van der Waals surface area (Å²) in [6.07, 6.45) is 12.5. The average Bonchev–Trinajstić information content (AvgIpc) is 2.18. The van der Waals surface area contributed by atoms with Gasteiger partial charge in [0.25, 0.3) is 0 Å². The van der Waals surface area contributed by atoms with Crippen molar-refractivity contribution in [2.45, 2.75) is 70.5 Å². The van der Waals surface area contributed by atoms with Gasteiger partial charge in [0.15, 0.2) is 0 Å². The summed E-state index contributed by atoms with van der Waals surface area (Å²) < 4.78 is 0. The molecule has 0 saturated carbocycles. The topological polar surface area (TPSA) is 0 Å². The zero-order valence-electron chi connectivity index (χ0n) is 10.0. The minimum atomic E-state index is -0.877. The van der Waals surface area contributed by atoms with Crippen molar-refractivity contribution in [3.63, 3.8) is 0 Å². The highest BCUT2D eigenvalue weighted by Crippen LogP contribution is 2.29. The van der Waals surface area contributed by atoms with E-state index in [0.717, 1.165) is 0 Å². The Morgan fingerprint density at radius 1 is 1.07 bits per heavy atom. The number of rotatable bonds is 5. The first kappa shape index (κ1) is 12.0. The maximum absolute atomic E-state index is 2.64. The van der Waals surface area contributed by atoms with Gasteiger partial charge in [0.2, 0.25) is 0 Å². The van der Waals surface area contributed by atoms with Gasteiger partial charge in [-0.3, -0.25) is 0 Å². The van der Waals surface area contributed by atoms with Gasteiger partial charge in [0.1, 0.15) is 0 Å². The average molecular weight is 210 g/mol. The van der Waals surface area contributed by atoms with Gasteiger partial charge in [-0.1, -0.05) is 69.4 Å². The lowest BCUT2D eigenvalue weighted by Gasteiger charge is -2.28. The summed E-state index contributed by atoms with van der Waals surface area (Å²) in [7, 11) is -0.877. The number of allylic oxidation sites excluding steroid dienone is 1. The van der Waals surface area contributed by atoms with Crippen molar-refractivity contribution in [2.75, 3.05) is 0 Å². The summed E-state index contributed by atoms with van der Waals surface area (Å²) in [5.41, 5.74) is 2.64. The second kappa shape index (κ2) is 6.44. The molecule has 82 valence electrons. The van der Waals surface area contributed by atoms with E-state index in [1.807, 2.05) is 0 Å². The van der Waals surface area contributed by atoms with E-state index in [0.29, 0.717) is 0 Å². The van der Waals surface area contributed by atoms with E-state index in [2.05, 4.69) is 25.2 Å². The zero-order chi connectivity index (χ0) is 10.3. The van der Waals surface area contributed by atoms with E-state index >= 15 is 0 Å². The van der Waals surface area contributed by atoms with E-state index < -0.39 is 8.07 Å². The van der Waals surface area contributed by atoms with Crippen molar-refractivity contribution >= 4 is 8.07 Å². The SMILES string of the molecule is CCCCCC=C[Si]1(C)CCCCC1. The molecule has 0 amide bonds. The maximum atomic E-state index is 2.64. The van der Waals surface area contributed by atoms with E-state index in [1.165, 1.54) is 44.9 Å². The van der Waals surface area contributed by atoms with Crippen molar-refractivity contribution in [2.24, 2.45) is 0 Å². The van der Waals surface area contributed by atoms with Crippen LogP contribution in [0.2, 0.25) is 18.6 Å². The molecule has 0 bridgehead atoms. The first-order chi connectivity index (χ1) is 6.77. The molecule has 14 heavy (non-hydrogen) atoms. The Hall–Kier alpha value is -0.0431. The third-order valence-corrected chi connectivity index (χ3v) is 7.52. The molecule has 1 heterocycles. The van der Waals surface area contributed by atoms with Crippen LogP contribution < -0.4 is 0 Å². The molecule has 0 N–H and O–H groups in total. The van der Waals surface area contributed by atoms with Crippen molar-refractivity contribution in [3.05, 3.63) is 11.8 Å². The molecule has 1 saturated heterocycles. The zero-order valence-corrected chi connectivity index (χ0v) is 11.0. The van der Waals surface area contributed by atoms with E-state index in [1.54, 1.807) is 12.1 Å². The van der Waals surface area contributed by atoms with Gasteiger partial charge in [0.05, 0.1) is 8.07 Å². The summed E-state index contributed by atoms with van der Waals surface area (Å²) in [6.45, 7) is 4.85. The van der Waals surface area contributed by atoms with Gasteiger partial charge >= 0.3 is 0 Å². The lowest BCUT2D eigenvalue weighted by atomic mass is 10.2. The van der Waals surface area contributed by atoms with Gasteiger partial charge < -0.3 is 0 Å². The smallest absolute Gasteiger partial charge is 0.0743 e. The Morgan fingerprint density at radius 3 is 2.43 bits per heavy atom. The highest BCUT2D eigenvalue weighted by molar-refractivity contribution is 6.83. The lowest BCUT2D eigenvalue weighted by molar-refractivity contribution is 0.714. The van der Waals surface area contributed by atoms with Crippen molar-refractivity contribution < 1.29 is 0 Å². The molecule has 0 radical (unpaired) electrons. The van der Waals surface area contributed by atoms with Crippen LogP contribution in [-0.4, -0.2) is 8.07 Å². The monoisotopic (exact) mass is 210 g/mol. The number of unbranched alkanes of at least 4 members (excludes halogenated alkanes) is 3. The second-order valence-corrected chi connectivity index (χ2v) is 9.75. The van der Waals surface area contributed by atoms with Gasteiger partial charge in [0, 0.05) is 0 Å². The molecule has 0 spiro atoms. The quantitative estimate of drug-likeness (QED) is 0.446. The molecule has 1 heteroatoms. The summed E-state index contributed by atoms with van der Waals surface area (Å²) in [5, 5.41) is 0. The standard InChI is InChI=1S/C13H26Si/c1-3-4-5-6-8-11-14(2)12-9-7-10-13-14/h8,11H,3-7,9-10,12-13H2,1-2H3. The largest absolute Gasteiger partial charge is 0.0984 e. The van der Waals surface area contributed by atoms with Crippen LogP contribution in [-0.2, 0) is 0 Å². The van der Waals surface area contributed by atoms with Gasteiger partial charge in [-0.2, -0.15) is 0 Å². The van der Waals surface area contributed by atoms with Crippen molar-refractivity contribution in [1.29, 1.82) is 0 Å². The summed E-state index contributed by atoms with van der Waals surface area (Å²) in [5.74, 6) is 0. The van der Waals surface area contributed by atoms with Crippen LogP contribution in [0.5, 0.6) is 0 Å². The highest BCUT2D eigenvalue weighted by Gasteiger charge is 2.25. The van der Waals surface area contributed by atoms with Gasteiger partial charge in [-0.15, -0.1) is 0 Å². The molecule has 0 aromatic carbocycles. The van der Waals surface area contributed by atoms with Crippen LogP contribution >= 0.6 is 0 Å². The fourth-order valence-corrected chi connectivity index (χ4v) is 5.84. The fourth-order valence-electron chi connectivity index (χ4n) is 2.41.